The van der Waals surface area contributed by atoms with Gasteiger partial charge in [-0.1, -0.05) is 33.8 Å². The van der Waals surface area contributed by atoms with Gasteiger partial charge in [0.05, 0.1) is 54.6 Å². The van der Waals surface area contributed by atoms with Crippen LogP contribution in [0.25, 0.3) is 33.4 Å². The van der Waals surface area contributed by atoms with Gasteiger partial charge in [0, 0.05) is 97.1 Å². The number of cyclic esters (lactones) is 1. The molecule has 0 radical (unpaired) electrons. The first-order valence-electron chi connectivity index (χ1n) is 22.6. The number of benzene rings is 1. The molecule has 6 heterocycles. The Balaban J connectivity index is 1.30. The Hall–Kier alpha value is -4.72. The number of fused-ring (bicyclic) bond motifs is 6. The number of aryl methyl sites for hydroxylation is 1. The van der Waals surface area contributed by atoms with E-state index >= 15 is 0 Å². The summed E-state index contributed by atoms with van der Waals surface area (Å²) in [5.41, 5.74) is 8.73. The molecule has 4 atom stereocenters. The molecule has 4 aromatic rings. The van der Waals surface area contributed by atoms with Crippen molar-refractivity contribution < 1.29 is 38.1 Å². The molecule has 2 fully saturated rings. The van der Waals surface area contributed by atoms with Gasteiger partial charge in [-0.15, -0.1) is 11.3 Å². The van der Waals surface area contributed by atoms with Crippen LogP contribution in [0.3, 0.4) is 0 Å². The molecule has 2 saturated heterocycles. The minimum Gasteiger partial charge on any atom is -0.464 e. The Morgan fingerprint density at radius 2 is 1.86 bits per heavy atom. The van der Waals surface area contributed by atoms with Gasteiger partial charge >= 0.3 is 12.0 Å². The van der Waals surface area contributed by atoms with E-state index in [0.717, 1.165) is 44.7 Å². The van der Waals surface area contributed by atoms with E-state index in [9.17, 15) is 19.2 Å². The maximum atomic E-state index is 15.0. The first-order valence-corrected chi connectivity index (χ1v) is 24.5. The third-order valence-corrected chi connectivity index (χ3v) is 15.2. The van der Waals surface area contributed by atoms with Crippen molar-refractivity contribution in [2.75, 3.05) is 61.3 Å². The van der Waals surface area contributed by atoms with Crippen molar-refractivity contribution in [3.05, 3.63) is 58.2 Å². The van der Waals surface area contributed by atoms with Gasteiger partial charge in [-0.25, -0.2) is 15.2 Å². The van der Waals surface area contributed by atoms with Gasteiger partial charge in [-0.3, -0.25) is 24.4 Å². The molecule has 0 spiro atoms. The minimum absolute atomic E-state index is 0.109. The summed E-state index contributed by atoms with van der Waals surface area (Å²) in [5.74, 6) is -1.59. The Labute approximate surface area is 389 Å². The fraction of sp³-hybridized carbons (Fsp3) is 0.574. The second-order valence-electron chi connectivity index (χ2n) is 19.3. The lowest BCUT2D eigenvalue weighted by atomic mass is 9.84. The van der Waals surface area contributed by atoms with Crippen LogP contribution in [-0.2, 0) is 52.7 Å². The lowest BCUT2D eigenvalue weighted by molar-refractivity contribution is -0.156. The summed E-state index contributed by atoms with van der Waals surface area (Å²) in [7, 11) is 6.75. The van der Waals surface area contributed by atoms with Crippen molar-refractivity contribution >= 4 is 56.3 Å². The van der Waals surface area contributed by atoms with Gasteiger partial charge in [0.1, 0.15) is 22.8 Å². The predicted molar refractivity (Wildman–Crippen MR) is 253 cm³/mol. The molecule has 0 unspecified atom stereocenters. The molecule has 65 heavy (non-hydrogen) atoms. The highest BCUT2D eigenvalue weighted by molar-refractivity contribution is 7.10. The monoisotopic (exact) mass is 930 g/mol. The van der Waals surface area contributed by atoms with Gasteiger partial charge in [0.2, 0.25) is 5.91 Å². The second kappa shape index (κ2) is 19.2. The Morgan fingerprint density at radius 3 is 2.52 bits per heavy atom. The van der Waals surface area contributed by atoms with Crippen molar-refractivity contribution in [3.63, 3.8) is 0 Å². The van der Waals surface area contributed by atoms with Crippen LogP contribution < -0.4 is 10.7 Å². The molecule has 4 amide bonds. The molecule has 3 aliphatic heterocycles. The van der Waals surface area contributed by atoms with Crippen LogP contribution in [-0.4, -0.2) is 147 Å². The zero-order valence-corrected chi connectivity index (χ0v) is 42.6. The fourth-order valence-corrected chi connectivity index (χ4v) is 11.6. The zero-order valence-electron chi connectivity index (χ0n) is 39.8. The maximum absolute atomic E-state index is 15.0. The van der Waals surface area contributed by atoms with Gasteiger partial charge in [0.25, 0.3) is 5.91 Å². The topological polar surface area (TPSA) is 170 Å². The highest BCUT2D eigenvalue weighted by Crippen LogP contribution is 2.42. The number of amides is 4. The number of aromatic nitrogens is 3. The molecule has 0 saturated carbocycles. The molecule has 1 aromatic carbocycles. The van der Waals surface area contributed by atoms with E-state index in [4.69, 9.17) is 28.9 Å². The number of carbonyl (C=O) groups excluding carboxylic acids is 4. The van der Waals surface area contributed by atoms with Gasteiger partial charge < -0.3 is 38.6 Å². The van der Waals surface area contributed by atoms with Crippen LogP contribution in [0.4, 0.5) is 4.79 Å². The van der Waals surface area contributed by atoms with Crippen molar-refractivity contribution in [2.45, 2.75) is 103 Å². The zero-order chi connectivity index (χ0) is 47.0. The van der Waals surface area contributed by atoms with Crippen molar-refractivity contribution in [3.8, 4) is 22.5 Å². The summed E-state index contributed by atoms with van der Waals surface area (Å²) in [5, 5.41) is 6.95. The Morgan fingerprint density at radius 1 is 1.11 bits per heavy atom. The van der Waals surface area contributed by atoms with Crippen LogP contribution in [0.2, 0.25) is 0 Å². The van der Waals surface area contributed by atoms with Crippen LogP contribution in [0.1, 0.15) is 76.8 Å². The van der Waals surface area contributed by atoms with E-state index in [-0.39, 0.29) is 53.8 Å². The third kappa shape index (κ3) is 9.47. The maximum Gasteiger partial charge on any atom is 0.324 e. The van der Waals surface area contributed by atoms with Crippen LogP contribution in [0, 0.1) is 11.3 Å². The lowest BCUT2D eigenvalue weighted by Crippen LogP contribution is -2.70. The smallest absolute Gasteiger partial charge is 0.324 e. The number of carbonyl (C=O) groups is 4. The number of rotatable bonds is 11. The lowest BCUT2D eigenvalue weighted by Gasteiger charge is -2.49. The molecular formula is C47H66N8O8SSi. The summed E-state index contributed by atoms with van der Waals surface area (Å²) in [4.78, 5) is 70.7. The predicted octanol–water partition coefficient (Wildman–Crippen LogP) is 4.32. The Bertz CT molecular complexity index is 2420. The molecule has 7 rings (SSSR count). The fourth-order valence-electron chi connectivity index (χ4n) is 9.56. The number of likely N-dealkylation sites (N-methyl/N-ethyl adjacent to an activating group) is 2. The second-order valence-corrected chi connectivity index (χ2v) is 21.9. The largest absolute Gasteiger partial charge is 0.464 e. The molecule has 6 bridgehead atoms. The average Bonchev–Trinajstić information content (AvgIpc) is 3.86. The van der Waals surface area contributed by atoms with E-state index in [1.165, 1.54) is 21.2 Å². The van der Waals surface area contributed by atoms with Crippen molar-refractivity contribution in [2.24, 2.45) is 11.3 Å². The number of urea groups is 1. The molecule has 3 aromatic heterocycles. The number of ether oxygens (including phenoxy) is 4. The van der Waals surface area contributed by atoms with Gasteiger partial charge in [-0.2, -0.15) is 0 Å². The summed E-state index contributed by atoms with van der Waals surface area (Å²) in [6.07, 6.45) is 3.26. The van der Waals surface area contributed by atoms with Crippen molar-refractivity contribution in [1.29, 1.82) is 0 Å². The summed E-state index contributed by atoms with van der Waals surface area (Å²) in [6, 6.07) is 8.39. The number of nitrogens with one attached hydrogen (secondary N) is 2. The van der Waals surface area contributed by atoms with E-state index in [0.29, 0.717) is 50.6 Å². The standard InChI is InChI=1S/C47H66N8O8SSi/c1-11-54-36-17-16-30-20-32(36)33(40(54)31-14-12-18-48-38(31)29(4)61-10)21-45(5,6)24-63-42(57)34-15-13-19-55(51-34)43(58)47(65,22-37-49-35(30)23-64-37)50-41(56)39(28(2)3)52(7)44(59)53(8)46(25-60-9)26-62-27-46/h12,14,16-18,20,23,28-29,34,39,51H,11,13,15,19,21-22,24-27H2,1-10,65H3,(H,50,56)/t29-,34-,39-,47-/m0/s1. The molecule has 16 nitrogen and oxygen atoms in total. The van der Waals surface area contributed by atoms with E-state index in [1.54, 1.807) is 39.4 Å². The van der Waals surface area contributed by atoms with Gasteiger partial charge in [-0.05, 0) is 68.9 Å². The molecule has 0 aliphatic carbocycles. The molecular weight excluding hydrogens is 865 g/mol. The third-order valence-electron chi connectivity index (χ3n) is 13.3. The number of hydrazine groups is 1. The minimum atomic E-state index is -1.41. The summed E-state index contributed by atoms with van der Waals surface area (Å²) in [6.45, 7) is 14.2. The average molecular weight is 931 g/mol. The number of hydrogen-bond acceptors (Lipinski definition) is 12. The van der Waals surface area contributed by atoms with Crippen LogP contribution in [0.5, 0.6) is 0 Å². The first kappa shape index (κ1) is 48.2. The normalized spacial score (nSPS) is 21.9. The van der Waals surface area contributed by atoms with E-state index in [1.807, 2.05) is 32.2 Å². The first-order chi connectivity index (χ1) is 30.9. The molecule has 2 N–H and O–H groups in total. The van der Waals surface area contributed by atoms with Crippen molar-refractivity contribution in [1.82, 2.24) is 40.1 Å². The number of esters is 1. The van der Waals surface area contributed by atoms with Crippen LogP contribution >= 0.6 is 11.3 Å². The number of methoxy groups -OCH3 is 2. The molecule has 3 aliphatic rings. The number of hydrogen-bond donors (Lipinski definition) is 2. The summed E-state index contributed by atoms with van der Waals surface area (Å²) < 4.78 is 25.2. The molecule has 18 heteroatoms. The highest BCUT2D eigenvalue weighted by atomic mass is 32.1. The molecule has 352 valence electrons. The van der Waals surface area contributed by atoms with Gasteiger partial charge in [0.15, 0.2) is 0 Å². The number of pyridine rings is 1. The highest BCUT2D eigenvalue weighted by Gasteiger charge is 2.48. The van der Waals surface area contributed by atoms with E-state index in [2.05, 4.69) is 60.3 Å². The Kier molecular flexibility index (Phi) is 14.3. The number of nitrogens with zero attached hydrogens (tertiary/aromatic N) is 6. The number of thiazole rings is 1. The summed E-state index contributed by atoms with van der Waals surface area (Å²) >= 11 is 1.43. The SMILES string of the molecule is CCn1c(-c2cccnc2[C@H](C)OC)c2c3cc(ccc31)-c1csc(n1)C[C@@]([SiH3])(NC(=O)[C@H](C(C)C)N(C)C(=O)N(C)C1(COC)COC1)C(=O)N1CCC[C@H](N1)C(=O)OCC(C)(C)C2. The van der Waals surface area contributed by atoms with E-state index < -0.39 is 40.1 Å². The van der Waals surface area contributed by atoms with Crippen LogP contribution in [0.15, 0.2) is 41.9 Å². The quantitative estimate of drug-likeness (QED) is 0.162.